The molecule has 0 bridgehead atoms. The van der Waals surface area contributed by atoms with E-state index in [1.54, 1.807) is 15.9 Å². The highest BCUT2D eigenvalue weighted by Crippen LogP contribution is 2.26. The topological polar surface area (TPSA) is 145 Å². The minimum Gasteiger partial charge on any atom is -0.436 e. The maximum Gasteiger partial charge on any atom is 0.417 e. The first-order valence-corrected chi connectivity index (χ1v) is 14.8. The molecule has 12 nitrogen and oxygen atoms in total. The third kappa shape index (κ3) is 6.13. The van der Waals surface area contributed by atoms with E-state index >= 15 is 0 Å². The molecule has 43 heavy (non-hydrogen) atoms. The van der Waals surface area contributed by atoms with E-state index in [1.165, 1.54) is 0 Å². The summed E-state index contributed by atoms with van der Waals surface area (Å²) >= 11 is 0. The molecule has 2 aromatic carbocycles. The molecular formula is C31H35N5O7. The normalized spacial score (nSPS) is 18.7. The van der Waals surface area contributed by atoms with Crippen LogP contribution in [0.25, 0.3) is 11.1 Å². The van der Waals surface area contributed by atoms with Crippen molar-refractivity contribution in [3.05, 3.63) is 63.6 Å². The van der Waals surface area contributed by atoms with Crippen molar-refractivity contribution < 1.29 is 28.3 Å². The summed E-state index contributed by atoms with van der Waals surface area (Å²) in [7, 11) is 0. The van der Waals surface area contributed by atoms with E-state index in [0.29, 0.717) is 49.1 Å². The number of aryl methyl sites for hydroxylation is 1. The Hall–Kier alpha value is -4.61. The summed E-state index contributed by atoms with van der Waals surface area (Å²) in [6.07, 6.45) is 0.858. The van der Waals surface area contributed by atoms with Gasteiger partial charge in [-0.2, -0.15) is 0 Å². The second-order valence-corrected chi connectivity index (χ2v) is 11.5. The van der Waals surface area contributed by atoms with Crippen LogP contribution in [0.15, 0.2) is 45.6 Å². The van der Waals surface area contributed by atoms with Crippen LogP contribution in [0.3, 0.4) is 0 Å². The fraction of sp³-hybridized carbons (Fsp3) is 0.452. The molecule has 0 aliphatic carbocycles. The van der Waals surface area contributed by atoms with Crippen molar-refractivity contribution in [2.45, 2.75) is 57.6 Å². The monoisotopic (exact) mass is 589 g/mol. The molecule has 1 atom stereocenters. The SMILES string of the molecule is Cc1cc(C[C@@H](OC(=O)N2CCC(N3CCc4ccccc4NC3=O)CC2)C(=O)N2CCC(=O)CC2)cc2oc(=O)[nH]c12. The fourth-order valence-corrected chi connectivity index (χ4v) is 6.28. The number of nitrogens with one attached hydrogen (secondary N) is 2. The van der Waals surface area contributed by atoms with Crippen molar-refractivity contribution in [2.24, 2.45) is 0 Å². The lowest BCUT2D eigenvalue weighted by Gasteiger charge is -2.38. The van der Waals surface area contributed by atoms with Crippen LogP contribution in [-0.4, -0.2) is 88.4 Å². The van der Waals surface area contributed by atoms with Crippen LogP contribution >= 0.6 is 0 Å². The Bertz CT molecular complexity index is 1610. The molecule has 12 heteroatoms. The molecule has 4 heterocycles. The third-order valence-electron chi connectivity index (χ3n) is 8.67. The molecule has 0 spiro atoms. The Balaban J connectivity index is 1.13. The first-order chi connectivity index (χ1) is 20.7. The number of carbonyl (C=O) groups is 4. The van der Waals surface area contributed by atoms with Gasteiger partial charge in [0.1, 0.15) is 5.78 Å². The van der Waals surface area contributed by atoms with Crippen LogP contribution < -0.4 is 11.1 Å². The molecule has 3 aromatic rings. The highest BCUT2D eigenvalue weighted by Gasteiger charge is 2.35. The number of rotatable bonds is 5. The largest absolute Gasteiger partial charge is 0.436 e. The molecule has 6 rings (SSSR count). The van der Waals surface area contributed by atoms with Crippen molar-refractivity contribution in [2.75, 3.05) is 38.0 Å². The van der Waals surface area contributed by atoms with E-state index in [0.717, 1.165) is 23.2 Å². The molecule has 226 valence electrons. The van der Waals surface area contributed by atoms with Gasteiger partial charge in [-0.15, -0.1) is 0 Å². The number of oxazole rings is 1. The number of amides is 4. The van der Waals surface area contributed by atoms with Crippen LogP contribution in [0, 0.1) is 6.92 Å². The number of carbonyl (C=O) groups excluding carboxylic acids is 4. The Labute approximate surface area is 247 Å². The van der Waals surface area contributed by atoms with Gasteiger partial charge < -0.3 is 29.2 Å². The number of H-pyrrole nitrogens is 1. The number of hydrogen-bond donors (Lipinski definition) is 2. The predicted octanol–water partition coefficient (Wildman–Crippen LogP) is 3.22. The number of anilines is 1. The van der Waals surface area contributed by atoms with E-state index in [9.17, 15) is 24.0 Å². The zero-order valence-electron chi connectivity index (χ0n) is 24.1. The van der Waals surface area contributed by atoms with Crippen LogP contribution in [0.2, 0.25) is 0 Å². The first kappa shape index (κ1) is 28.5. The minimum absolute atomic E-state index is 0.0209. The Morgan fingerprint density at radius 1 is 0.977 bits per heavy atom. The quantitative estimate of drug-likeness (QED) is 0.465. The molecule has 0 radical (unpaired) electrons. The smallest absolute Gasteiger partial charge is 0.417 e. The van der Waals surface area contributed by atoms with E-state index < -0.39 is 18.0 Å². The summed E-state index contributed by atoms with van der Waals surface area (Å²) in [4.78, 5) is 71.1. The lowest BCUT2D eigenvalue weighted by Crippen LogP contribution is -2.51. The number of hydrogen-bond acceptors (Lipinski definition) is 7. The lowest BCUT2D eigenvalue weighted by molar-refractivity contribution is -0.143. The van der Waals surface area contributed by atoms with Gasteiger partial charge >= 0.3 is 17.9 Å². The molecule has 0 saturated carbocycles. The summed E-state index contributed by atoms with van der Waals surface area (Å²) in [5.41, 5.74) is 4.32. The van der Waals surface area contributed by atoms with E-state index in [2.05, 4.69) is 10.3 Å². The molecular weight excluding hydrogens is 554 g/mol. The maximum absolute atomic E-state index is 13.6. The fourth-order valence-electron chi connectivity index (χ4n) is 6.28. The summed E-state index contributed by atoms with van der Waals surface area (Å²) in [6, 6.07) is 11.1. The number of Topliss-reactive ketones (excluding diaryl/α,β-unsaturated/α-hetero) is 1. The zero-order valence-corrected chi connectivity index (χ0v) is 24.1. The standard InChI is InChI=1S/C31H35N5O7/c1-19-16-20(17-25-27(19)33-30(40)42-25)18-26(28(38)34-13-9-23(37)10-14-34)43-31(41)35-11-7-22(8-12-35)36-15-6-21-4-2-3-5-24(21)32-29(36)39/h2-5,16-17,22,26H,6-15,18H2,1H3,(H,32,39)(H,33,40)/t26-/m1/s1. The van der Waals surface area contributed by atoms with E-state index in [-0.39, 0.29) is 56.1 Å². The Kier molecular flexibility index (Phi) is 7.92. The number of ketones is 1. The van der Waals surface area contributed by atoms with Crippen LogP contribution in [0.4, 0.5) is 15.3 Å². The van der Waals surface area contributed by atoms with Gasteiger partial charge in [0, 0.05) is 63.7 Å². The van der Waals surface area contributed by atoms with Crippen molar-refractivity contribution >= 4 is 40.6 Å². The van der Waals surface area contributed by atoms with Gasteiger partial charge in [-0.25, -0.2) is 14.4 Å². The average Bonchev–Trinajstić information content (AvgIpc) is 3.29. The minimum atomic E-state index is -1.11. The number of nitrogens with zero attached hydrogens (tertiary/aromatic N) is 3. The van der Waals surface area contributed by atoms with Crippen LogP contribution in [-0.2, 0) is 27.2 Å². The van der Waals surface area contributed by atoms with E-state index in [1.807, 2.05) is 42.2 Å². The second-order valence-electron chi connectivity index (χ2n) is 11.5. The first-order valence-electron chi connectivity index (χ1n) is 14.8. The highest BCUT2D eigenvalue weighted by atomic mass is 16.6. The summed E-state index contributed by atoms with van der Waals surface area (Å²) in [5, 5.41) is 3.01. The van der Waals surface area contributed by atoms with E-state index in [4.69, 9.17) is 9.15 Å². The number of urea groups is 1. The molecule has 1 aromatic heterocycles. The van der Waals surface area contributed by atoms with Gasteiger partial charge in [0.15, 0.2) is 11.7 Å². The molecule has 0 unspecified atom stereocenters. The van der Waals surface area contributed by atoms with Gasteiger partial charge in [0.05, 0.1) is 5.52 Å². The number of benzene rings is 2. The summed E-state index contributed by atoms with van der Waals surface area (Å²) in [5.74, 6) is -0.825. The van der Waals surface area contributed by atoms with Crippen molar-refractivity contribution in [1.82, 2.24) is 19.7 Å². The van der Waals surface area contributed by atoms with Crippen molar-refractivity contribution in [3.8, 4) is 0 Å². The molecule has 2 fully saturated rings. The maximum atomic E-state index is 13.6. The molecule has 2 saturated heterocycles. The highest BCUT2D eigenvalue weighted by molar-refractivity contribution is 5.91. The second kappa shape index (κ2) is 11.9. The number of likely N-dealkylation sites (tertiary alicyclic amines) is 2. The third-order valence-corrected chi connectivity index (χ3v) is 8.67. The number of fused-ring (bicyclic) bond motifs is 2. The zero-order chi connectivity index (χ0) is 30.1. The van der Waals surface area contributed by atoms with Gasteiger partial charge in [-0.3, -0.25) is 14.6 Å². The Morgan fingerprint density at radius 3 is 2.49 bits per heavy atom. The Morgan fingerprint density at radius 2 is 1.72 bits per heavy atom. The van der Waals surface area contributed by atoms with Gasteiger partial charge in [0.2, 0.25) is 0 Å². The number of ether oxygens (including phenoxy) is 1. The number of piperidine rings is 2. The number of aromatic amines is 1. The predicted molar refractivity (Wildman–Crippen MR) is 157 cm³/mol. The summed E-state index contributed by atoms with van der Waals surface area (Å²) < 4.78 is 11.1. The molecule has 4 amide bonds. The van der Waals surface area contributed by atoms with Crippen LogP contribution in [0.5, 0.6) is 0 Å². The molecule has 3 aliphatic heterocycles. The van der Waals surface area contributed by atoms with Crippen molar-refractivity contribution in [1.29, 1.82) is 0 Å². The van der Waals surface area contributed by atoms with Crippen LogP contribution in [0.1, 0.15) is 42.4 Å². The number of aromatic nitrogens is 1. The average molecular weight is 590 g/mol. The molecule has 3 aliphatic rings. The lowest BCUT2D eigenvalue weighted by atomic mass is 10.0. The molecule has 2 N–H and O–H groups in total. The number of para-hydroxylation sites is 1. The van der Waals surface area contributed by atoms with Gasteiger partial charge in [-0.05, 0) is 55.0 Å². The van der Waals surface area contributed by atoms with Gasteiger partial charge in [0.25, 0.3) is 5.91 Å². The van der Waals surface area contributed by atoms with Crippen molar-refractivity contribution in [3.63, 3.8) is 0 Å². The summed E-state index contributed by atoms with van der Waals surface area (Å²) in [6.45, 7) is 3.76. The van der Waals surface area contributed by atoms with Gasteiger partial charge in [-0.1, -0.05) is 24.3 Å².